The van der Waals surface area contributed by atoms with Gasteiger partial charge in [-0.05, 0) is 31.3 Å². The highest BCUT2D eigenvalue weighted by atomic mass is 79.9. The van der Waals surface area contributed by atoms with Gasteiger partial charge in [-0.25, -0.2) is 4.79 Å². The minimum atomic E-state index is -0.315. The van der Waals surface area contributed by atoms with Gasteiger partial charge in [-0.3, -0.25) is 0 Å². The minimum Gasteiger partial charge on any atom is -0.465 e. The second kappa shape index (κ2) is 8.30. The number of methoxy groups -OCH3 is 1. The smallest absolute Gasteiger partial charge is 0.337 e. The van der Waals surface area contributed by atoms with Gasteiger partial charge in [-0.15, -0.1) is 0 Å². The van der Waals surface area contributed by atoms with Gasteiger partial charge >= 0.3 is 5.97 Å². The molecule has 1 rings (SSSR count). The van der Waals surface area contributed by atoms with Gasteiger partial charge in [0, 0.05) is 24.1 Å². The van der Waals surface area contributed by atoms with Crippen molar-refractivity contribution < 1.29 is 9.53 Å². The molecule has 0 aliphatic rings. The van der Waals surface area contributed by atoms with Crippen molar-refractivity contribution in [1.82, 2.24) is 10.2 Å². The van der Waals surface area contributed by atoms with Crippen molar-refractivity contribution in [3.8, 4) is 0 Å². The Morgan fingerprint density at radius 1 is 1.47 bits per heavy atom. The number of hydrogen-bond acceptors (Lipinski definition) is 4. The summed E-state index contributed by atoms with van der Waals surface area (Å²) in [4.78, 5) is 13.6. The first-order chi connectivity index (χ1) is 9.08. The zero-order valence-corrected chi connectivity index (χ0v) is 13.3. The van der Waals surface area contributed by atoms with Crippen molar-refractivity contribution in [2.75, 3.05) is 33.8 Å². The van der Waals surface area contributed by atoms with Crippen LogP contribution in [0.25, 0.3) is 0 Å². The second-order valence-electron chi connectivity index (χ2n) is 4.37. The average Bonchev–Trinajstić information content (AvgIpc) is 2.43. The topological polar surface area (TPSA) is 41.6 Å². The molecule has 0 aliphatic carbocycles. The lowest BCUT2D eigenvalue weighted by Crippen LogP contribution is -2.28. The predicted molar refractivity (Wildman–Crippen MR) is 80.4 cm³/mol. The molecule has 0 atom stereocenters. The van der Waals surface area contributed by atoms with Crippen LogP contribution in [0.3, 0.4) is 0 Å². The lowest BCUT2D eigenvalue weighted by molar-refractivity contribution is 0.0600. The van der Waals surface area contributed by atoms with Gasteiger partial charge in [0.1, 0.15) is 0 Å². The Labute approximate surface area is 123 Å². The van der Waals surface area contributed by atoms with Gasteiger partial charge < -0.3 is 15.0 Å². The first-order valence-corrected chi connectivity index (χ1v) is 7.13. The lowest BCUT2D eigenvalue weighted by Gasteiger charge is -2.14. The van der Waals surface area contributed by atoms with Crippen LogP contribution in [-0.4, -0.2) is 44.7 Å². The van der Waals surface area contributed by atoms with Crippen LogP contribution < -0.4 is 5.32 Å². The second-order valence-corrected chi connectivity index (χ2v) is 5.22. The van der Waals surface area contributed by atoms with Crippen LogP contribution in [-0.2, 0) is 11.3 Å². The summed E-state index contributed by atoms with van der Waals surface area (Å²) in [6.07, 6.45) is 0. The maximum Gasteiger partial charge on any atom is 0.337 e. The van der Waals surface area contributed by atoms with Gasteiger partial charge in [0.25, 0.3) is 0 Å². The number of benzene rings is 1. The largest absolute Gasteiger partial charge is 0.465 e. The first kappa shape index (κ1) is 16.1. The Bertz CT molecular complexity index is 424. The van der Waals surface area contributed by atoms with E-state index in [2.05, 4.69) is 44.9 Å². The highest BCUT2D eigenvalue weighted by Crippen LogP contribution is 2.19. The van der Waals surface area contributed by atoms with Crippen molar-refractivity contribution >= 4 is 21.9 Å². The summed E-state index contributed by atoms with van der Waals surface area (Å²) in [5.74, 6) is -0.315. The Hall–Kier alpha value is -0.910. The molecule has 1 N–H and O–H groups in total. The standard InChI is InChI=1S/C14H21BrN2O2/c1-4-17(2)8-7-16-10-12-6-5-11(9-13(12)15)14(18)19-3/h5-6,9,16H,4,7-8,10H2,1-3H3. The Morgan fingerprint density at radius 3 is 2.79 bits per heavy atom. The van der Waals surface area contributed by atoms with E-state index in [4.69, 9.17) is 0 Å². The molecule has 106 valence electrons. The zero-order chi connectivity index (χ0) is 14.3. The number of rotatable bonds is 7. The van der Waals surface area contributed by atoms with E-state index >= 15 is 0 Å². The van der Waals surface area contributed by atoms with Crippen LogP contribution in [0, 0.1) is 0 Å². The Kier molecular flexibility index (Phi) is 7.05. The molecular weight excluding hydrogens is 308 g/mol. The molecule has 0 saturated heterocycles. The van der Waals surface area contributed by atoms with E-state index in [-0.39, 0.29) is 5.97 Å². The fourth-order valence-corrected chi connectivity index (χ4v) is 2.11. The summed E-state index contributed by atoms with van der Waals surface area (Å²) in [6.45, 7) is 5.94. The third-order valence-electron chi connectivity index (χ3n) is 3.00. The number of nitrogens with zero attached hydrogens (tertiary/aromatic N) is 1. The number of ether oxygens (including phenoxy) is 1. The summed E-state index contributed by atoms with van der Waals surface area (Å²) < 4.78 is 5.61. The quantitative estimate of drug-likeness (QED) is 0.616. The monoisotopic (exact) mass is 328 g/mol. The molecule has 0 spiro atoms. The van der Waals surface area contributed by atoms with Crippen molar-refractivity contribution in [2.45, 2.75) is 13.5 Å². The number of esters is 1. The zero-order valence-electron chi connectivity index (χ0n) is 11.7. The molecule has 1 aromatic carbocycles. The minimum absolute atomic E-state index is 0.315. The Morgan fingerprint density at radius 2 is 2.21 bits per heavy atom. The molecular formula is C14H21BrN2O2. The fraction of sp³-hybridized carbons (Fsp3) is 0.500. The molecule has 5 heteroatoms. The molecule has 0 amide bonds. The molecule has 1 aromatic rings. The van der Waals surface area contributed by atoms with Crippen molar-refractivity contribution in [3.63, 3.8) is 0 Å². The van der Waals surface area contributed by atoms with Crippen LogP contribution in [0.4, 0.5) is 0 Å². The van der Waals surface area contributed by atoms with Gasteiger partial charge in [0.05, 0.1) is 12.7 Å². The van der Waals surface area contributed by atoms with Crippen molar-refractivity contribution in [1.29, 1.82) is 0 Å². The molecule has 4 nitrogen and oxygen atoms in total. The van der Waals surface area contributed by atoms with Gasteiger partial charge in [0.2, 0.25) is 0 Å². The average molecular weight is 329 g/mol. The third-order valence-corrected chi connectivity index (χ3v) is 3.74. The number of halogens is 1. The van der Waals surface area contributed by atoms with Crippen LogP contribution in [0.1, 0.15) is 22.8 Å². The molecule has 0 aliphatic heterocycles. The Balaban J connectivity index is 2.49. The number of nitrogens with one attached hydrogen (secondary N) is 1. The van der Waals surface area contributed by atoms with Crippen LogP contribution in [0.2, 0.25) is 0 Å². The number of carbonyl (C=O) groups is 1. The molecule has 0 heterocycles. The summed E-state index contributed by atoms with van der Waals surface area (Å²) >= 11 is 3.48. The van der Waals surface area contributed by atoms with Gasteiger partial charge in [0.15, 0.2) is 0 Å². The number of likely N-dealkylation sites (N-methyl/N-ethyl adjacent to an activating group) is 1. The number of hydrogen-bond donors (Lipinski definition) is 1. The van der Waals surface area contributed by atoms with Crippen molar-refractivity contribution in [2.24, 2.45) is 0 Å². The van der Waals surface area contributed by atoms with E-state index in [1.54, 1.807) is 12.1 Å². The molecule has 0 unspecified atom stereocenters. The van der Waals surface area contributed by atoms with E-state index in [1.165, 1.54) is 7.11 Å². The highest BCUT2D eigenvalue weighted by Gasteiger charge is 2.08. The predicted octanol–water partition coefficient (Wildman–Crippen LogP) is 2.28. The molecule has 0 fully saturated rings. The van der Waals surface area contributed by atoms with Crippen LogP contribution in [0.15, 0.2) is 22.7 Å². The van der Waals surface area contributed by atoms with Crippen LogP contribution in [0.5, 0.6) is 0 Å². The molecule has 0 aromatic heterocycles. The van der Waals surface area contributed by atoms with Crippen molar-refractivity contribution in [3.05, 3.63) is 33.8 Å². The SMILES string of the molecule is CCN(C)CCNCc1ccc(C(=O)OC)cc1Br. The normalized spacial score (nSPS) is 10.8. The molecule has 0 bridgehead atoms. The summed E-state index contributed by atoms with van der Waals surface area (Å²) in [5, 5.41) is 3.38. The van der Waals surface area contributed by atoms with E-state index in [9.17, 15) is 4.79 Å². The fourth-order valence-electron chi connectivity index (χ4n) is 1.59. The summed E-state index contributed by atoms with van der Waals surface area (Å²) in [7, 11) is 3.48. The molecule has 0 saturated carbocycles. The highest BCUT2D eigenvalue weighted by molar-refractivity contribution is 9.10. The van der Waals surface area contributed by atoms with E-state index < -0.39 is 0 Å². The number of carbonyl (C=O) groups excluding carboxylic acids is 1. The summed E-state index contributed by atoms with van der Waals surface area (Å²) in [6, 6.07) is 5.51. The third kappa shape index (κ3) is 5.30. The molecule has 19 heavy (non-hydrogen) atoms. The molecule has 0 radical (unpaired) electrons. The summed E-state index contributed by atoms with van der Waals surface area (Å²) in [5.41, 5.74) is 1.69. The van der Waals surface area contributed by atoms with E-state index in [0.717, 1.165) is 36.2 Å². The van der Waals surface area contributed by atoms with E-state index in [0.29, 0.717) is 5.56 Å². The maximum atomic E-state index is 11.4. The van der Waals surface area contributed by atoms with Crippen LogP contribution >= 0.6 is 15.9 Å². The maximum absolute atomic E-state index is 11.4. The first-order valence-electron chi connectivity index (χ1n) is 6.34. The lowest BCUT2D eigenvalue weighted by atomic mass is 10.1. The van der Waals surface area contributed by atoms with Gasteiger partial charge in [-0.2, -0.15) is 0 Å². The van der Waals surface area contributed by atoms with Gasteiger partial charge in [-0.1, -0.05) is 28.9 Å². The van der Waals surface area contributed by atoms with E-state index in [1.807, 2.05) is 6.07 Å².